The van der Waals surface area contributed by atoms with Gasteiger partial charge >= 0.3 is 0 Å². The van der Waals surface area contributed by atoms with E-state index in [0.717, 1.165) is 73.5 Å². The van der Waals surface area contributed by atoms with Crippen molar-refractivity contribution < 1.29 is 14.3 Å². The number of hydrogen-bond acceptors (Lipinski definition) is 7. The van der Waals surface area contributed by atoms with E-state index in [0.29, 0.717) is 23.4 Å². The summed E-state index contributed by atoms with van der Waals surface area (Å²) in [5.41, 5.74) is 5.69. The number of ether oxygens (including phenoxy) is 1. The molecule has 0 saturated carbocycles. The Morgan fingerprint density at radius 1 is 0.872 bits per heavy atom. The molecule has 244 valence electrons. The number of nitrogens with one attached hydrogen (secondary N) is 1. The van der Waals surface area contributed by atoms with Crippen molar-refractivity contribution in [1.82, 2.24) is 14.8 Å². The second kappa shape index (κ2) is 16.1. The molecule has 2 amide bonds. The summed E-state index contributed by atoms with van der Waals surface area (Å²) in [6.07, 6.45) is 5.45. The molecule has 2 saturated heterocycles. The van der Waals surface area contributed by atoms with Crippen LogP contribution in [0.5, 0.6) is 0 Å². The van der Waals surface area contributed by atoms with Gasteiger partial charge in [0.25, 0.3) is 11.8 Å². The highest BCUT2D eigenvalue weighted by Gasteiger charge is 2.19. The van der Waals surface area contributed by atoms with Gasteiger partial charge in [0.05, 0.1) is 24.6 Å². The van der Waals surface area contributed by atoms with Crippen LogP contribution in [0, 0.1) is 0 Å². The van der Waals surface area contributed by atoms with Crippen molar-refractivity contribution >= 4 is 35.0 Å². The number of amides is 2. The van der Waals surface area contributed by atoms with Crippen molar-refractivity contribution in [3.8, 4) is 11.3 Å². The summed E-state index contributed by atoms with van der Waals surface area (Å²) in [6, 6.07) is 27.8. The number of piperidine rings is 1. The van der Waals surface area contributed by atoms with Crippen LogP contribution in [0.3, 0.4) is 0 Å². The van der Waals surface area contributed by atoms with Crippen LogP contribution >= 0.6 is 11.8 Å². The minimum atomic E-state index is -0.266. The van der Waals surface area contributed by atoms with E-state index < -0.39 is 0 Å². The highest BCUT2D eigenvalue weighted by Crippen LogP contribution is 2.35. The molecule has 0 unspecified atom stereocenters. The number of aromatic nitrogens is 1. The summed E-state index contributed by atoms with van der Waals surface area (Å²) < 4.78 is 5.43. The van der Waals surface area contributed by atoms with Gasteiger partial charge in [0.15, 0.2) is 0 Å². The molecule has 0 radical (unpaired) electrons. The van der Waals surface area contributed by atoms with E-state index in [4.69, 9.17) is 9.72 Å². The Labute approximate surface area is 282 Å². The Hall–Kier alpha value is -4.18. The fourth-order valence-corrected chi connectivity index (χ4v) is 6.89. The molecular formula is C38H43N5O3S. The van der Waals surface area contributed by atoms with Gasteiger partial charge in [-0.1, -0.05) is 36.4 Å². The Kier molecular flexibility index (Phi) is 11.2. The van der Waals surface area contributed by atoms with Crippen LogP contribution in [-0.2, 0) is 10.5 Å². The highest BCUT2D eigenvalue weighted by atomic mass is 32.2. The van der Waals surface area contributed by atoms with Crippen LogP contribution in [0.2, 0.25) is 0 Å². The molecule has 3 heterocycles. The number of morpholine rings is 1. The Bertz CT molecular complexity index is 1650. The maximum atomic E-state index is 13.7. The SMILES string of the molecule is CN(CCN1CCOCC1)C(=O)c1cccc(C(=O)Nc2ccc(N3CCCCC3)cc2-c2cc(SCc3ccccc3)ccn2)c1. The van der Waals surface area contributed by atoms with Crippen molar-refractivity contribution in [3.63, 3.8) is 0 Å². The molecule has 0 aliphatic carbocycles. The van der Waals surface area contributed by atoms with E-state index in [9.17, 15) is 9.59 Å². The lowest BCUT2D eigenvalue weighted by molar-refractivity contribution is 0.0338. The Morgan fingerprint density at radius 2 is 1.66 bits per heavy atom. The second-order valence-corrected chi connectivity index (χ2v) is 13.2. The first-order valence-electron chi connectivity index (χ1n) is 16.5. The van der Waals surface area contributed by atoms with E-state index in [1.54, 1.807) is 40.9 Å². The first-order valence-corrected chi connectivity index (χ1v) is 17.5. The third-order valence-corrected chi connectivity index (χ3v) is 9.87. The maximum Gasteiger partial charge on any atom is 0.255 e. The normalized spacial score (nSPS) is 15.3. The summed E-state index contributed by atoms with van der Waals surface area (Å²) in [5.74, 6) is 0.491. The molecule has 2 aliphatic rings. The molecule has 2 aliphatic heterocycles. The molecule has 2 fully saturated rings. The van der Waals surface area contributed by atoms with Crippen LogP contribution < -0.4 is 10.2 Å². The van der Waals surface area contributed by atoms with E-state index in [1.807, 2.05) is 31.4 Å². The van der Waals surface area contributed by atoms with Crippen molar-refractivity contribution in [2.24, 2.45) is 0 Å². The van der Waals surface area contributed by atoms with Gasteiger partial charge in [-0.2, -0.15) is 0 Å². The molecular weight excluding hydrogens is 607 g/mol. The first-order chi connectivity index (χ1) is 23.0. The number of hydrogen-bond donors (Lipinski definition) is 1. The van der Waals surface area contributed by atoms with Gasteiger partial charge in [-0.25, -0.2) is 0 Å². The molecule has 3 aromatic carbocycles. The average molecular weight is 650 g/mol. The van der Waals surface area contributed by atoms with Crippen molar-refractivity contribution in [2.75, 3.05) is 69.7 Å². The predicted octanol–water partition coefficient (Wildman–Crippen LogP) is 6.69. The summed E-state index contributed by atoms with van der Waals surface area (Å²) in [4.78, 5) is 39.3. The number of anilines is 2. The number of likely N-dealkylation sites (N-methyl/N-ethyl adjacent to an activating group) is 1. The zero-order valence-corrected chi connectivity index (χ0v) is 27.9. The first kappa shape index (κ1) is 32.7. The molecule has 1 aromatic heterocycles. The Morgan fingerprint density at radius 3 is 2.47 bits per heavy atom. The number of rotatable bonds is 11. The van der Waals surface area contributed by atoms with Gasteiger partial charge < -0.3 is 19.9 Å². The van der Waals surface area contributed by atoms with Gasteiger partial charge in [0.2, 0.25) is 0 Å². The van der Waals surface area contributed by atoms with Crippen LogP contribution in [-0.4, -0.2) is 86.1 Å². The highest BCUT2D eigenvalue weighted by molar-refractivity contribution is 7.98. The van der Waals surface area contributed by atoms with Crippen LogP contribution in [0.1, 0.15) is 45.5 Å². The second-order valence-electron chi connectivity index (χ2n) is 12.1. The summed E-state index contributed by atoms with van der Waals surface area (Å²) in [7, 11) is 1.81. The van der Waals surface area contributed by atoms with E-state index in [2.05, 4.69) is 57.6 Å². The number of pyridine rings is 1. The van der Waals surface area contributed by atoms with Crippen molar-refractivity contribution in [1.29, 1.82) is 0 Å². The monoisotopic (exact) mass is 649 g/mol. The molecule has 6 rings (SSSR count). The number of benzene rings is 3. The lowest BCUT2D eigenvalue weighted by atomic mass is 10.0. The van der Waals surface area contributed by atoms with Gasteiger partial charge in [0, 0.05) is 85.5 Å². The van der Waals surface area contributed by atoms with Crippen LogP contribution in [0.15, 0.2) is 96.0 Å². The predicted molar refractivity (Wildman–Crippen MR) is 190 cm³/mol. The minimum Gasteiger partial charge on any atom is -0.379 e. The topological polar surface area (TPSA) is 78.0 Å². The third-order valence-electron chi connectivity index (χ3n) is 8.80. The van der Waals surface area contributed by atoms with Gasteiger partial charge in [0.1, 0.15) is 0 Å². The minimum absolute atomic E-state index is 0.103. The smallest absolute Gasteiger partial charge is 0.255 e. The molecule has 0 bridgehead atoms. The fraction of sp³-hybridized carbons (Fsp3) is 0.342. The summed E-state index contributed by atoms with van der Waals surface area (Å²) >= 11 is 1.77. The van der Waals surface area contributed by atoms with Gasteiger partial charge in [-0.15, -0.1) is 11.8 Å². The number of carbonyl (C=O) groups excluding carboxylic acids is 2. The molecule has 8 nitrogen and oxygen atoms in total. The molecule has 0 atom stereocenters. The molecule has 4 aromatic rings. The zero-order valence-electron chi connectivity index (χ0n) is 27.1. The largest absolute Gasteiger partial charge is 0.379 e. The third kappa shape index (κ3) is 8.80. The lowest BCUT2D eigenvalue weighted by Crippen LogP contribution is -2.41. The summed E-state index contributed by atoms with van der Waals surface area (Å²) in [5, 5.41) is 3.15. The molecule has 0 spiro atoms. The maximum absolute atomic E-state index is 13.7. The van der Waals surface area contributed by atoms with E-state index >= 15 is 0 Å². The quantitative estimate of drug-likeness (QED) is 0.182. The zero-order chi connectivity index (χ0) is 32.4. The van der Waals surface area contributed by atoms with Crippen molar-refractivity contribution in [3.05, 3.63) is 108 Å². The van der Waals surface area contributed by atoms with E-state index in [1.165, 1.54) is 24.8 Å². The lowest BCUT2D eigenvalue weighted by Gasteiger charge is -2.29. The van der Waals surface area contributed by atoms with Gasteiger partial charge in [-0.05, 0) is 73.4 Å². The number of carbonyl (C=O) groups is 2. The van der Waals surface area contributed by atoms with E-state index in [-0.39, 0.29) is 11.8 Å². The Balaban J connectivity index is 1.20. The van der Waals surface area contributed by atoms with Crippen LogP contribution in [0.4, 0.5) is 11.4 Å². The van der Waals surface area contributed by atoms with Crippen LogP contribution in [0.25, 0.3) is 11.3 Å². The summed E-state index contributed by atoms with van der Waals surface area (Å²) in [6.45, 7) is 6.66. The van der Waals surface area contributed by atoms with Crippen molar-refractivity contribution in [2.45, 2.75) is 29.9 Å². The fourth-order valence-electron chi connectivity index (χ4n) is 6.02. The molecule has 9 heteroatoms. The average Bonchev–Trinajstić information content (AvgIpc) is 3.14. The molecule has 47 heavy (non-hydrogen) atoms. The van der Waals surface area contributed by atoms with Gasteiger partial charge in [-0.3, -0.25) is 19.5 Å². The number of nitrogens with zero attached hydrogens (tertiary/aromatic N) is 4. The molecule has 1 N–H and O–H groups in total. The standard InChI is InChI=1S/C38H43N5O3S/c1-41(19-20-42-21-23-46-24-22-42)38(45)31-12-8-11-30(25-31)37(44)40-35-14-13-32(43-17-6-3-7-18-43)26-34(35)36-27-33(15-16-39-36)47-28-29-9-4-2-5-10-29/h2,4-5,8-16,25-27H,3,6-7,17-24,28H2,1H3,(H,40,44). The number of thioether (sulfide) groups is 1.